The third-order valence-corrected chi connectivity index (χ3v) is 5.49. The van der Waals surface area contributed by atoms with Crippen LogP contribution < -0.4 is 24.3 Å². The molecule has 40 heavy (non-hydrogen) atoms. The SMILES string of the molecule is COc1cc(NC(=O)C(=O)c2c(F)cc(Oc3ncnc4cc(OC)c(OC)cc34)cc2F)cc(C(F)(F)F)c1. The number of alkyl halides is 3. The van der Waals surface area contributed by atoms with E-state index in [0.717, 1.165) is 19.5 Å². The Hall–Kier alpha value is -5.01. The van der Waals surface area contributed by atoms with Gasteiger partial charge in [-0.3, -0.25) is 9.59 Å². The number of fused-ring (bicyclic) bond motifs is 1. The van der Waals surface area contributed by atoms with Gasteiger partial charge >= 0.3 is 6.18 Å². The van der Waals surface area contributed by atoms with Crippen LogP contribution in [0.5, 0.6) is 28.9 Å². The maximum atomic E-state index is 14.9. The number of carbonyl (C=O) groups excluding carboxylic acids is 2. The fraction of sp³-hybridized carbons (Fsp3) is 0.154. The Labute approximate surface area is 222 Å². The van der Waals surface area contributed by atoms with Crippen LogP contribution in [-0.4, -0.2) is 43.0 Å². The van der Waals surface area contributed by atoms with Crippen molar-refractivity contribution in [3.05, 3.63) is 71.6 Å². The van der Waals surface area contributed by atoms with Crippen LogP contribution >= 0.6 is 0 Å². The van der Waals surface area contributed by atoms with Gasteiger partial charge in [-0.05, 0) is 18.2 Å². The average Bonchev–Trinajstić information content (AvgIpc) is 2.91. The van der Waals surface area contributed by atoms with Gasteiger partial charge in [-0.2, -0.15) is 13.2 Å². The first kappa shape index (κ1) is 28.0. The molecule has 0 radical (unpaired) electrons. The number of halogens is 5. The van der Waals surface area contributed by atoms with Gasteiger partial charge in [0, 0.05) is 30.0 Å². The number of ether oxygens (including phenoxy) is 4. The molecule has 4 aromatic rings. The third kappa shape index (κ3) is 5.70. The molecule has 0 saturated heterocycles. The van der Waals surface area contributed by atoms with Crippen LogP contribution in [0, 0.1) is 11.6 Å². The topological polar surface area (TPSA) is 109 Å². The van der Waals surface area contributed by atoms with E-state index in [2.05, 4.69) is 9.97 Å². The highest BCUT2D eigenvalue weighted by Crippen LogP contribution is 2.37. The summed E-state index contributed by atoms with van der Waals surface area (Å²) in [5.41, 5.74) is -2.55. The fourth-order valence-corrected chi connectivity index (χ4v) is 3.63. The van der Waals surface area contributed by atoms with E-state index in [1.54, 1.807) is 0 Å². The molecule has 0 atom stereocenters. The second kappa shape index (κ2) is 11.0. The molecule has 0 fully saturated rings. The summed E-state index contributed by atoms with van der Waals surface area (Å²) >= 11 is 0. The van der Waals surface area contributed by atoms with Crippen LogP contribution in [0.15, 0.2) is 48.8 Å². The number of carbonyl (C=O) groups is 2. The molecule has 208 valence electrons. The molecule has 0 bridgehead atoms. The van der Waals surface area contributed by atoms with E-state index >= 15 is 0 Å². The number of nitrogens with zero attached hydrogens (tertiary/aromatic N) is 2. The van der Waals surface area contributed by atoms with Crippen LogP contribution in [-0.2, 0) is 11.0 Å². The first-order valence-corrected chi connectivity index (χ1v) is 11.1. The number of hydrogen-bond acceptors (Lipinski definition) is 8. The van der Waals surface area contributed by atoms with Gasteiger partial charge in [0.05, 0.1) is 43.4 Å². The van der Waals surface area contributed by atoms with Crippen LogP contribution in [0.3, 0.4) is 0 Å². The number of Topliss-reactive ketones (excluding diaryl/α,β-unsaturated/α-hetero) is 1. The van der Waals surface area contributed by atoms with Gasteiger partial charge in [-0.25, -0.2) is 18.7 Å². The molecule has 0 aliphatic rings. The number of aromatic nitrogens is 2. The van der Waals surface area contributed by atoms with E-state index in [0.29, 0.717) is 46.7 Å². The Bertz CT molecular complexity index is 1600. The average molecular weight is 563 g/mol. The maximum absolute atomic E-state index is 14.9. The van der Waals surface area contributed by atoms with Crippen LogP contribution in [0.4, 0.5) is 27.6 Å². The predicted molar refractivity (Wildman–Crippen MR) is 130 cm³/mol. The lowest BCUT2D eigenvalue weighted by Gasteiger charge is -2.13. The van der Waals surface area contributed by atoms with Crippen molar-refractivity contribution in [1.82, 2.24) is 9.97 Å². The zero-order valence-corrected chi connectivity index (χ0v) is 20.9. The monoisotopic (exact) mass is 563 g/mol. The van der Waals surface area contributed by atoms with Gasteiger partial charge in [0.1, 0.15) is 29.5 Å². The first-order chi connectivity index (χ1) is 18.9. The molecule has 1 heterocycles. The van der Waals surface area contributed by atoms with Crippen LogP contribution in [0.2, 0.25) is 0 Å². The molecule has 0 unspecified atom stereocenters. The van der Waals surface area contributed by atoms with E-state index in [1.807, 2.05) is 5.32 Å². The molecule has 0 aliphatic carbocycles. The van der Waals surface area contributed by atoms with E-state index in [1.165, 1.54) is 26.4 Å². The largest absolute Gasteiger partial charge is 0.497 e. The summed E-state index contributed by atoms with van der Waals surface area (Å²) in [5.74, 6) is -6.32. The minimum atomic E-state index is -4.79. The minimum Gasteiger partial charge on any atom is -0.497 e. The molecule has 1 aromatic heterocycles. The number of amides is 1. The number of nitrogens with one attached hydrogen (secondary N) is 1. The van der Waals surface area contributed by atoms with Crippen molar-refractivity contribution in [3.8, 4) is 28.9 Å². The summed E-state index contributed by atoms with van der Waals surface area (Å²) in [5, 5.41) is 2.21. The van der Waals surface area contributed by atoms with E-state index in [4.69, 9.17) is 18.9 Å². The summed E-state index contributed by atoms with van der Waals surface area (Å²) < 4.78 is 89.9. The van der Waals surface area contributed by atoms with Crippen molar-refractivity contribution in [2.75, 3.05) is 26.6 Å². The Kier molecular flexibility index (Phi) is 7.70. The Morgan fingerprint density at radius 2 is 1.45 bits per heavy atom. The van der Waals surface area contributed by atoms with Crippen molar-refractivity contribution >= 4 is 28.3 Å². The molecule has 1 N–H and O–H groups in total. The zero-order chi connectivity index (χ0) is 29.2. The second-order valence-electron chi connectivity index (χ2n) is 8.00. The molecule has 0 spiro atoms. The summed E-state index contributed by atoms with van der Waals surface area (Å²) in [6, 6.07) is 6.51. The number of rotatable bonds is 8. The van der Waals surface area contributed by atoms with E-state index < -0.39 is 52.1 Å². The number of hydrogen-bond donors (Lipinski definition) is 1. The lowest BCUT2D eigenvalue weighted by molar-refractivity contribution is -0.137. The van der Waals surface area contributed by atoms with Gasteiger partial charge in [0.25, 0.3) is 11.7 Å². The van der Waals surface area contributed by atoms with Crippen molar-refractivity contribution in [2.45, 2.75) is 6.18 Å². The molecule has 9 nitrogen and oxygen atoms in total. The second-order valence-corrected chi connectivity index (χ2v) is 8.00. The summed E-state index contributed by atoms with van der Waals surface area (Å²) in [7, 11) is 3.92. The zero-order valence-electron chi connectivity index (χ0n) is 20.9. The van der Waals surface area contributed by atoms with Crippen LogP contribution in [0.1, 0.15) is 15.9 Å². The molecule has 1 amide bonds. The fourth-order valence-electron chi connectivity index (χ4n) is 3.63. The van der Waals surface area contributed by atoms with Gasteiger partial charge in [0.2, 0.25) is 5.88 Å². The van der Waals surface area contributed by atoms with Crippen LogP contribution in [0.25, 0.3) is 10.9 Å². The Morgan fingerprint density at radius 3 is 2.05 bits per heavy atom. The number of methoxy groups -OCH3 is 3. The quantitative estimate of drug-likeness (QED) is 0.169. The lowest BCUT2D eigenvalue weighted by atomic mass is 10.1. The van der Waals surface area contributed by atoms with E-state index in [9.17, 15) is 31.5 Å². The lowest BCUT2D eigenvalue weighted by Crippen LogP contribution is -2.25. The van der Waals surface area contributed by atoms with Crippen molar-refractivity contribution < 1.29 is 50.5 Å². The Morgan fingerprint density at radius 1 is 0.800 bits per heavy atom. The van der Waals surface area contributed by atoms with Crippen molar-refractivity contribution in [1.29, 1.82) is 0 Å². The highest BCUT2D eigenvalue weighted by molar-refractivity contribution is 6.46. The normalized spacial score (nSPS) is 11.2. The van der Waals surface area contributed by atoms with Gasteiger partial charge in [-0.1, -0.05) is 0 Å². The number of benzene rings is 3. The van der Waals surface area contributed by atoms with Gasteiger partial charge < -0.3 is 24.3 Å². The highest BCUT2D eigenvalue weighted by atomic mass is 19.4. The smallest absolute Gasteiger partial charge is 0.416 e. The minimum absolute atomic E-state index is 0.111. The highest BCUT2D eigenvalue weighted by Gasteiger charge is 2.32. The predicted octanol–water partition coefficient (Wildman–Crippen LogP) is 5.57. The molecule has 0 saturated carbocycles. The van der Waals surface area contributed by atoms with E-state index in [-0.39, 0.29) is 11.6 Å². The molecule has 3 aromatic carbocycles. The van der Waals surface area contributed by atoms with Crippen molar-refractivity contribution in [3.63, 3.8) is 0 Å². The summed E-state index contributed by atoms with van der Waals surface area (Å²) in [6.07, 6.45) is -3.65. The number of ketones is 1. The molecular formula is C26H18F5N3O6. The maximum Gasteiger partial charge on any atom is 0.416 e. The first-order valence-electron chi connectivity index (χ1n) is 11.1. The van der Waals surface area contributed by atoms with Gasteiger partial charge in [0.15, 0.2) is 11.5 Å². The number of anilines is 1. The summed E-state index contributed by atoms with van der Waals surface area (Å²) in [6.45, 7) is 0. The molecule has 0 aliphatic heterocycles. The Balaban J connectivity index is 1.61. The molecule has 14 heteroatoms. The third-order valence-electron chi connectivity index (χ3n) is 5.49. The van der Waals surface area contributed by atoms with Gasteiger partial charge in [-0.15, -0.1) is 0 Å². The molecule has 4 rings (SSSR count). The van der Waals surface area contributed by atoms with Crippen molar-refractivity contribution in [2.24, 2.45) is 0 Å². The summed E-state index contributed by atoms with van der Waals surface area (Å²) in [4.78, 5) is 33.1. The standard InChI is InChI=1S/C26H18F5N3O6/c1-37-14-5-12(26(29,30)31)4-13(6-14)34-24(36)23(35)22-17(27)7-15(8-18(22)28)40-25-16-9-20(38-2)21(39-3)10-19(16)32-11-33-25/h4-11H,1-3H3,(H,34,36). The molecular weight excluding hydrogens is 545 g/mol.